The van der Waals surface area contributed by atoms with Crippen molar-refractivity contribution < 1.29 is 20.9 Å². The average molecular weight is 358 g/mol. The van der Waals surface area contributed by atoms with Crippen molar-refractivity contribution in [2.75, 3.05) is 6.61 Å². The van der Waals surface area contributed by atoms with Gasteiger partial charge >= 0.3 is 0 Å². The predicted molar refractivity (Wildman–Crippen MR) is 101 cm³/mol. The van der Waals surface area contributed by atoms with Gasteiger partial charge in [0.1, 0.15) is 5.78 Å². The van der Waals surface area contributed by atoms with Gasteiger partial charge in [-0.1, -0.05) is 33.1 Å². The van der Waals surface area contributed by atoms with Crippen molar-refractivity contribution in [2.45, 2.75) is 97.3 Å². The molecule has 0 atom stereocenters. The zero-order valence-corrected chi connectivity index (χ0v) is 16.4. The summed E-state index contributed by atoms with van der Waals surface area (Å²) in [4.78, 5) is 23.6. The molecule has 2 rings (SSSR count). The molecule has 0 radical (unpaired) electrons. The van der Waals surface area contributed by atoms with Crippen LogP contribution < -0.4 is 5.32 Å². The molecule has 0 heterocycles. The number of ether oxygens (including phenoxy) is 1. The Kier molecular flexibility index (Phi) is 10.3. The molecule has 0 aliphatic heterocycles. The number of aliphatic hydroxyl groups excluding tert-OH is 1. The Morgan fingerprint density at radius 1 is 1.12 bits per heavy atom. The number of carbonyl (C=O) groups excluding carboxylic acids is 2. The largest absolute Gasteiger partial charge is 0.394 e. The smallest absolute Gasteiger partial charge is 0.222 e. The summed E-state index contributed by atoms with van der Waals surface area (Å²) in [6.45, 7) is 7.85. The molecule has 25 heavy (non-hydrogen) atoms. The van der Waals surface area contributed by atoms with E-state index in [0.29, 0.717) is 24.9 Å². The first-order chi connectivity index (χ1) is 11.8. The van der Waals surface area contributed by atoms with Crippen molar-refractivity contribution in [2.24, 2.45) is 11.8 Å². The lowest BCUT2D eigenvalue weighted by Gasteiger charge is -2.35. The van der Waals surface area contributed by atoms with Crippen LogP contribution in [0.25, 0.3) is 0 Å². The van der Waals surface area contributed by atoms with Gasteiger partial charge in [-0.05, 0) is 39.5 Å². The molecular weight excluding hydrogens is 318 g/mol. The van der Waals surface area contributed by atoms with Crippen LogP contribution in [-0.2, 0) is 14.3 Å². The first kappa shape index (κ1) is 22.1. The SMILES string of the molecule is CC(C)C(=O)C1CC(NC(=O)CCOC2CCCCC2)C1.CC(C)O.[HH]. The minimum atomic E-state index is -0.167. The molecule has 0 bridgehead atoms. The van der Waals surface area contributed by atoms with E-state index in [2.05, 4.69) is 5.32 Å². The number of nitrogens with one attached hydrogen (secondary N) is 1. The molecule has 0 saturated heterocycles. The van der Waals surface area contributed by atoms with Crippen molar-refractivity contribution in [3.63, 3.8) is 0 Å². The van der Waals surface area contributed by atoms with Crippen LogP contribution in [0.5, 0.6) is 0 Å². The van der Waals surface area contributed by atoms with E-state index in [1.807, 2.05) is 13.8 Å². The lowest BCUT2D eigenvalue weighted by Crippen LogP contribution is -2.47. The molecule has 148 valence electrons. The quantitative estimate of drug-likeness (QED) is 0.731. The fourth-order valence-electron chi connectivity index (χ4n) is 3.29. The number of Topliss-reactive ketones (excluding diaryl/α,β-unsaturated/α-hetero) is 1. The number of amides is 1. The Bertz CT molecular complexity index is 400. The highest BCUT2D eigenvalue weighted by Gasteiger charge is 2.35. The minimum absolute atomic E-state index is 0. The van der Waals surface area contributed by atoms with E-state index >= 15 is 0 Å². The van der Waals surface area contributed by atoms with Gasteiger partial charge in [0.15, 0.2) is 0 Å². The van der Waals surface area contributed by atoms with Gasteiger partial charge in [-0.15, -0.1) is 0 Å². The molecule has 0 spiro atoms. The van der Waals surface area contributed by atoms with Crippen molar-refractivity contribution in [1.82, 2.24) is 5.32 Å². The summed E-state index contributed by atoms with van der Waals surface area (Å²) < 4.78 is 5.76. The first-order valence-corrected chi connectivity index (χ1v) is 9.92. The molecule has 0 unspecified atom stereocenters. The maximum absolute atomic E-state index is 11.8. The third-order valence-electron chi connectivity index (χ3n) is 4.71. The van der Waals surface area contributed by atoms with E-state index in [-0.39, 0.29) is 31.3 Å². The van der Waals surface area contributed by atoms with Crippen LogP contribution >= 0.6 is 0 Å². The molecular formula is C20H39NO4. The fraction of sp³-hybridized carbons (Fsp3) is 0.900. The Balaban J connectivity index is 0.00000113. The van der Waals surface area contributed by atoms with E-state index in [1.165, 1.54) is 19.3 Å². The van der Waals surface area contributed by atoms with E-state index in [1.54, 1.807) is 13.8 Å². The van der Waals surface area contributed by atoms with Gasteiger partial charge in [-0.25, -0.2) is 0 Å². The molecule has 0 aromatic rings. The van der Waals surface area contributed by atoms with Crippen LogP contribution in [-0.4, -0.2) is 41.7 Å². The lowest BCUT2D eigenvalue weighted by molar-refractivity contribution is -0.131. The van der Waals surface area contributed by atoms with Gasteiger partial charge in [0.05, 0.1) is 12.7 Å². The van der Waals surface area contributed by atoms with Crippen molar-refractivity contribution >= 4 is 11.7 Å². The summed E-state index contributed by atoms with van der Waals surface area (Å²) in [5.41, 5.74) is 0. The Morgan fingerprint density at radius 3 is 2.20 bits per heavy atom. The molecule has 2 aliphatic rings. The summed E-state index contributed by atoms with van der Waals surface area (Å²) in [5.74, 6) is 0.664. The number of rotatable bonds is 7. The number of ketones is 1. The summed E-state index contributed by atoms with van der Waals surface area (Å²) in [7, 11) is 0. The normalized spacial score (nSPS) is 23.6. The standard InChI is InChI=1S/C17H29NO3.C3H8O.H2/c1-12(2)17(20)13-10-14(11-13)18-16(19)8-9-21-15-6-4-3-5-7-15;1-3(2)4;/h12-15H,3-11H2,1-2H3,(H,18,19);3-4H,1-2H3;1H. The molecule has 2 N–H and O–H groups in total. The van der Waals surface area contributed by atoms with Crippen LogP contribution in [0.3, 0.4) is 0 Å². The summed E-state index contributed by atoms with van der Waals surface area (Å²) in [5, 5.41) is 11.1. The minimum Gasteiger partial charge on any atom is -0.394 e. The number of hydrogen-bond acceptors (Lipinski definition) is 4. The third kappa shape index (κ3) is 9.36. The van der Waals surface area contributed by atoms with E-state index < -0.39 is 0 Å². The lowest BCUT2D eigenvalue weighted by atomic mass is 9.75. The van der Waals surface area contributed by atoms with E-state index in [0.717, 1.165) is 25.7 Å². The van der Waals surface area contributed by atoms with Gasteiger partial charge in [0, 0.05) is 31.8 Å². The Morgan fingerprint density at radius 2 is 1.68 bits per heavy atom. The zero-order valence-electron chi connectivity index (χ0n) is 16.4. The summed E-state index contributed by atoms with van der Waals surface area (Å²) in [6.07, 6.45) is 8.37. The highest BCUT2D eigenvalue weighted by atomic mass is 16.5. The van der Waals surface area contributed by atoms with E-state index in [4.69, 9.17) is 9.84 Å². The molecule has 0 aromatic heterocycles. The number of aliphatic hydroxyl groups is 1. The van der Waals surface area contributed by atoms with Crippen LogP contribution in [0.2, 0.25) is 0 Å². The topological polar surface area (TPSA) is 75.6 Å². The maximum atomic E-state index is 11.8. The van der Waals surface area contributed by atoms with Crippen molar-refractivity contribution in [3.05, 3.63) is 0 Å². The second-order valence-electron chi connectivity index (χ2n) is 7.96. The van der Waals surface area contributed by atoms with E-state index in [9.17, 15) is 9.59 Å². The van der Waals surface area contributed by atoms with Crippen LogP contribution in [0.15, 0.2) is 0 Å². The second-order valence-corrected chi connectivity index (χ2v) is 7.96. The molecule has 5 heteroatoms. The zero-order chi connectivity index (χ0) is 18.8. The molecule has 2 saturated carbocycles. The predicted octanol–water partition coefficient (Wildman–Crippen LogP) is 3.48. The van der Waals surface area contributed by atoms with Crippen molar-refractivity contribution in [1.29, 1.82) is 0 Å². The second kappa shape index (κ2) is 11.6. The molecule has 5 nitrogen and oxygen atoms in total. The number of hydrogen-bond donors (Lipinski definition) is 2. The number of carbonyl (C=O) groups is 2. The fourth-order valence-corrected chi connectivity index (χ4v) is 3.29. The van der Waals surface area contributed by atoms with Crippen LogP contribution in [0.4, 0.5) is 0 Å². The highest BCUT2D eigenvalue weighted by molar-refractivity contribution is 5.84. The molecule has 2 aliphatic carbocycles. The van der Waals surface area contributed by atoms with Crippen molar-refractivity contribution in [3.8, 4) is 0 Å². The van der Waals surface area contributed by atoms with Gasteiger partial charge in [-0.2, -0.15) is 0 Å². The van der Waals surface area contributed by atoms with Gasteiger partial charge in [0.2, 0.25) is 5.91 Å². The monoisotopic (exact) mass is 357 g/mol. The van der Waals surface area contributed by atoms with Crippen LogP contribution in [0.1, 0.15) is 80.5 Å². The Labute approximate surface area is 154 Å². The van der Waals surface area contributed by atoms with Gasteiger partial charge in [-0.3, -0.25) is 9.59 Å². The van der Waals surface area contributed by atoms with Gasteiger partial charge in [0.25, 0.3) is 0 Å². The molecule has 2 fully saturated rings. The maximum Gasteiger partial charge on any atom is 0.222 e. The molecule has 1 amide bonds. The Hall–Kier alpha value is -0.940. The third-order valence-corrected chi connectivity index (χ3v) is 4.71. The van der Waals surface area contributed by atoms with Crippen LogP contribution in [0, 0.1) is 11.8 Å². The first-order valence-electron chi connectivity index (χ1n) is 9.92. The summed E-state index contributed by atoms with van der Waals surface area (Å²) in [6, 6.07) is 0.194. The highest BCUT2D eigenvalue weighted by Crippen LogP contribution is 2.30. The average Bonchev–Trinajstić information content (AvgIpc) is 2.50. The summed E-state index contributed by atoms with van der Waals surface area (Å²) >= 11 is 0. The van der Waals surface area contributed by atoms with Gasteiger partial charge < -0.3 is 15.2 Å². The molecule has 0 aromatic carbocycles.